The van der Waals surface area contributed by atoms with Gasteiger partial charge in [0.15, 0.2) is 0 Å². The molecule has 4 heteroatoms. The summed E-state index contributed by atoms with van der Waals surface area (Å²) < 4.78 is 27.0. The van der Waals surface area contributed by atoms with Gasteiger partial charge in [-0.25, -0.2) is 8.42 Å². The average molecular weight is 281 g/mol. The van der Waals surface area contributed by atoms with Gasteiger partial charge >= 0.3 is 0 Å². The van der Waals surface area contributed by atoms with E-state index in [9.17, 15) is 8.42 Å². The molecule has 0 atom stereocenters. The van der Waals surface area contributed by atoms with Gasteiger partial charge in [0.1, 0.15) is 0 Å². The molecule has 0 bridgehead atoms. The first kappa shape index (κ1) is 14.5. The van der Waals surface area contributed by atoms with Gasteiger partial charge in [0.25, 0.3) is 0 Å². The summed E-state index contributed by atoms with van der Waals surface area (Å²) in [7, 11) is -1.63. The Morgan fingerprint density at radius 2 is 1.74 bits per heavy atom. The van der Waals surface area contributed by atoms with Gasteiger partial charge in [-0.3, -0.25) is 0 Å². The van der Waals surface area contributed by atoms with E-state index in [-0.39, 0.29) is 6.04 Å². The summed E-state index contributed by atoms with van der Waals surface area (Å²) >= 11 is 0. The van der Waals surface area contributed by atoms with Crippen LogP contribution in [0.2, 0.25) is 0 Å². The monoisotopic (exact) mass is 281 g/mol. The first-order valence-electron chi connectivity index (χ1n) is 6.98. The Kier molecular flexibility index (Phi) is 4.31. The van der Waals surface area contributed by atoms with Gasteiger partial charge in [0, 0.05) is 13.1 Å². The highest BCUT2D eigenvalue weighted by atomic mass is 32.2. The molecule has 3 nitrogen and oxygen atoms in total. The van der Waals surface area contributed by atoms with Crippen molar-refractivity contribution in [2.45, 2.75) is 56.9 Å². The molecule has 0 N–H and O–H groups in total. The average Bonchev–Trinajstić information content (AvgIpc) is 2.38. The second-order valence-electron chi connectivity index (χ2n) is 5.58. The van der Waals surface area contributed by atoms with Crippen LogP contribution in [0.1, 0.15) is 43.2 Å². The predicted octanol–water partition coefficient (Wildman–Crippen LogP) is 3.26. The summed E-state index contributed by atoms with van der Waals surface area (Å²) in [4.78, 5) is 0.450. The lowest BCUT2D eigenvalue weighted by Gasteiger charge is -2.30. The second-order valence-corrected chi connectivity index (χ2v) is 7.55. The highest BCUT2D eigenvalue weighted by Gasteiger charge is 2.29. The minimum atomic E-state index is -3.35. The first-order chi connectivity index (χ1) is 8.93. The Morgan fingerprint density at radius 1 is 1.11 bits per heavy atom. The molecular formula is C15H23NO2S. The molecule has 0 amide bonds. The van der Waals surface area contributed by atoms with Crippen molar-refractivity contribution in [1.29, 1.82) is 0 Å². The molecule has 0 heterocycles. The van der Waals surface area contributed by atoms with E-state index in [2.05, 4.69) is 0 Å². The molecule has 1 saturated carbocycles. The Balaban J connectivity index is 2.30. The van der Waals surface area contributed by atoms with E-state index in [1.165, 1.54) is 6.42 Å². The molecular weight excluding hydrogens is 258 g/mol. The second kappa shape index (κ2) is 5.63. The largest absolute Gasteiger partial charge is 0.243 e. The Morgan fingerprint density at radius 3 is 2.32 bits per heavy atom. The van der Waals surface area contributed by atoms with E-state index in [0.717, 1.165) is 36.8 Å². The minimum absolute atomic E-state index is 0.166. The van der Waals surface area contributed by atoms with Crippen LogP contribution in [-0.2, 0) is 10.0 Å². The zero-order valence-electron chi connectivity index (χ0n) is 12.0. The van der Waals surface area contributed by atoms with Gasteiger partial charge in [0.05, 0.1) is 4.90 Å². The highest BCUT2D eigenvalue weighted by Crippen LogP contribution is 2.27. The minimum Gasteiger partial charge on any atom is -0.207 e. The number of hydrogen-bond donors (Lipinski definition) is 0. The molecule has 0 saturated heterocycles. The first-order valence-corrected chi connectivity index (χ1v) is 8.42. The molecule has 1 fully saturated rings. The number of benzene rings is 1. The van der Waals surface area contributed by atoms with Crippen molar-refractivity contribution in [2.24, 2.45) is 0 Å². The van der Waals surface area contributed by atoms with Crippen LogP contribution in [0.15, 0.2) is 23.1 Å². The van der Waals surface area contributed by atoms with E-state index in [4.69, 9.17) is 0 Å². The molecule has 1 aromatic rings. The summed E-state index contributed by atoms with van der Waals surface area (Å²) in [6.45, 7) is 3.85. The van der Waals surface area contributed by atoms with Crippen LogP contribution in [0, 0.1) is 13.8 Å². The predicted molar refractivity (Wildman–Crippen MR) is 77.7 cm³/mol. The summed E-state index contributed by atoms with van der Waals surface area (Å²) in [5.41, 5.74) is 1.93. The van der Waals surface area contributed by atoms with Crippen LogP contribution in [0.3, 0.4) is 0 Å². The maximum Gasteiger partial charge on any atom is 0.243 e. The van der Waals surface area contributed by atoms with E-state index in [1.54, 1.807) is 17.4 Å². The van der Waals surface area contributed by atoms with E-state index >= 15 is 0 Å². The molecule has 0 radical (unpaired) electrons. The third-order valence-electron chi connectivity index (χ3n) is 4.08. The van der Waals surface area contributed by atoms with Crippen molar-refractivity contribution in [3.63, 3.8) is 0 Å². The summed E-state index contributed by atoms with van der Waals surface area (Å²) in [6.07, 6.45) is 5.48. The maximum atomic E-state index is 12.7. The fourth-order valence-electron chi connectivity index (χ4n) is 2.88. The number of aryl methyl sites for hydroxylation is 2. The van der Waals surface area contributed by atoms with Gasteiger partial charge in [-0.15, -0.1) is 0 Å². The van der Waals surface area contributed by atoms with Crippen LogP contribution < -0.4 is 0 Å². The van der Waals surface area contributed by atoms with Crippen LogP contribution in [0.5, 0.6) is 0 Å². The summed E-state index contributed by atoms with van der Waals surface area (Å²) in [6, 6.07) is 5.70. The quantitative estimate of drug-likeness (QED) is 0.853. The third kappa shape index (κ3) is 3.00. The molecule has 0 spiro atoms. The fourth-order valence-corrected chi connectivity index (χ4v) is 4.50. The lowest BCUT2D eigenvalue weighted by molar-refractivity contribution is 0.285. The van der Waals surface area contributed by atoms with Gasteiger partial charge in [0.2, 0.25) is 10.0 Å². The molecule has 106 valence electrons. The van der Waals surface area contributed by atoms with E-state index in [0.29, 0.717) is 4.90 Å². The number of nitrogens with zero attached hydrogens (tertiary/aromatic N) is 1. The van der Waals surface area contributed by atoms with Crippen molar-refractivity contribution in [2.75, 3.05) is 7.05 Å². The summed E-state index contributed by atoms with van der Waals surface area (Å²) in [5, 5.41) is 0. The number of rotatable bonds is 3. The molecule has 1 aliphatic rings. The lowest BCUT2D eigenvalue weighted by Crippen LogP contribution is -2.38. The van der Waals surface area contributed by atoms with Gasteiger partial charge in [-0.05, 0) is 38.3 Å². The molecule has 0 aromatic heterocycles. The van der Waals surface area contributed by atoms with Gasteiger partial charge in [-0.2, -0.15) is 4.31 Å². The van der Waals surface area contributed by atoms with E-state index < -0.39 is 10.0 Å². The van der Waals surface area contributed by atoms with Crippen LogP contribution >= 0.6 is 0 Å². The molecule has 1 aromatic carbocycles. The zero-order chi connectivity index (χ0) is 14.0. The maximum absolute atomic E-state index is 12.7. The standard InChI is InChI=1S/C15H23NO2S/c1-12-9-10-15(13(2)11-12)19(17,18)16(3)14-7-5-4-6-8-14/h9-11,14H,4-8H2,1-3H3. The zero-order valence-corrected chi connectivity index (χ0v) is 12.8. The Bertz CT molecular complexity index is 545. The SMILES string of the molecule is Cc1ccc(S(=O)(=O)N(C)C2CCCCC2)c(C)c1. The topological polar surface area (TPSA) is 37.4 Å². The van der Waals surface area contributed by atoms with Crippen molar-refractivity contribution in [3.05, 3.63) is 29.3 Å². The van der Waals surface area contributed by atoms with Gasteiger partial charge < -0.3 is 0 Å². The number of sulfonamides is 1. The highest BCUT2D eigenvalue weighted by molar-refractivity contribution is 7.89. The van der Waals surface area contributed by atoms with Crippen LogP contribution in [0.25, 0.3) is 0 Å². The van der Waals surface area contributed by atoms with E-state index in [1.807, 2.05) is 26.0 Å². The van der Waals surface area contributed by atoms with Crippen LogP contribution in [-0.4, -0.2) is 25.8 Å². The van der Waals surface area contributed by atoms with Gasteiger partial charge in [-0.1, -0.05) is 37.0 Å². The van der Waals surface area contributed by atoms with Crippen LogP contribution in [0.4, 0.5) is 0 Å². The molecule has 19 heavy (non-hydrogen) atoms. The normalized spacial score (nSPS) is 17.9. The third-order valence-corrected chi connectivity index (χ3v) is 6.15. The van der Waals surface area contributed by atoms with Crippen molar-refractivity contribution < 1.29 is 8.42 Å². The molecule has 0 unspecified atom stereocenters. The fraction of sp³-hybridized carbons (Fsp3) is 0.600. The molecule has 0 aliphatic heterocycles. The van der Waals surface area contributed by atoms with Crippen molar-refractivity contribution >= 4 is 10.0 Å². The lowest BCUT2D eigenvalue weighted by atomic mass is 9.96. The molecule has 1 aliphatic carbocycles. The Hall–Kier alpha value is -0.870. The molecule has 2 rings (SSSR count). The number of hydrogen-bond acceptors (Lipinski definition) is 2. The smallest absolute Gasteiger partial charge is 0.207 e. The summed E-state index contributed by atoms with van der Waals surface area (Å²) in [5.74, 6) is 0. The van der Waals surface area contributed by atoms with Crippen molar-refractivity contribution in [1.82, 2.24) is 4.31 Å². The van der Waals surface area contributed by atoms with Crippen molar-refractivity contribution in [3.8, 4) is 0 Å². The Labute approximate surface area is 116 Å².